The lowest BCUT2D eigenvalue weighted by Gasteiger charge is -2.38. The average molecular weight is 431 g/mol. The number of ether oxygens (including phenoxy) is 1. The Balaban J connectivity index is 1.40. The number of hydrogen-bond donors (Lipinski definition) is 3. The molecule has 4 amide bonds. The molecule has 2 unspecified atom stereocenters. The first kappa shape index (κ1) is 23.4. The molecule has 1 aromatic rings. The van der Waals surface area contributed by atoms with E-state index in [0.29, 0.717) is 19.6 Å². The van der Waals surface area contributed by atoms with Crippen LogP contribution in [0.3, 0.4) is 0 Å². The Labute approximate surface area is 186 Å². The number of amides is 4. The van der Waals surface area contributed by atoms with Crippen molar-refractivity contribution in [1.29, 1.82) is 0 Å². The number of nitrogens with one attached hydrogen (secondary N) is 3. The van der Waals surface area contributed by atoms with E-state index in [1.54, 1.807) is 0 Å². The fourth-order valence-electron chi connectivity index (χ4n) is 4.35. The van der Waals surface area contributed by atoms with Gasteiger partial charge < -0.3 is 25.6 Å². The molecule has 0 radical (unpaired) electrons. The first-order chi connectivity index (χ1) is 14.8. The summed E-state index contributed by atoms with van der Waals surface area (Å²) >= 11 is 0. The first-order valence-corrected chi connectivity index (χ1v) is 11.6. The fraction of sp³-hybridized carbons (Fsp3) is 0.667. The van der Waals surface area contributed by atoms with Crippen molar-refractivity contribution < 1.29 is 14.3 Å². The summed E-state index contributed by atoms with van der Waals surface area (Å²) in [5.41, 5.74) is 1.85. The van der Waals surface area contributed by atoms with Crippen molar-refractivity contribution in [2.75, 3.05) is 38.1 Å². The van der Waals surface area contributed by atoms with Gasteiger partial charge in [-0.25, -0.2) is 9.59 Å². The number of nitrogens with zero attached hydrogens (tertiary/aromatic N) is 1. The highest BCUT2D eigenvalue weighted by molar-refractivity contribution is 5.89. The van der Waals surface area contributed by atoms with Crippen LogP contribution in [0.1, 0.15) is 51.5 Å². The lowest BCUT2D eigenvalue weighted by molar-refractivity contribution is -0.0531. The molecule has 2 aliphatic heterocycles. The van der Waals surface area contributed by atoms with Crippen LogP contribution in [0.2, 0.25) is 0 Å². The fourth-order valence-corrected chi connectivity index (χ4v) is 4.35. The molecule has 2 fully saturated rings. The maximum Gasteiger partial charge on any atom is 0.319 e. The van der Waals surface area contributed by atoms with Crippen LogP contribution in [0.4, 0.5) is 15.3 Å². The molecule has 3 N–H and O–H groups in total. The van der Waals surface area contributed by atoms with Gasteiger partial charge in [0.2, 0.25) is 0 Å². The van der Waals surface area contributed by atoms with Crippen molar-refractivity contribution in [3.63, 3.8) is 0 Å². The quantitative estimate of drug-likeness (QED) is 0.634. The van der Waals surface area contributed by atoms with E-state index in [4.69, 9.17) is 4.74 Å². The van der Waals surface area contributed by atoms with Gasteiger partial charge in [0.25, 0.3) is 0 Å². The first-order valence-electron chi connectivity index (χ1n) is 11.6. The van der Waals surface area contributed by atoms with Crippen LogP contribution in [0.15, 0.2) is 24.3 Å². The summed E-state index contributed by atoms with van der Waals surface area (Å²) in [5, 5.41) is 8.93. The normalized spacial score (nSPS) is 22.0. The van der Waals surface area contributed by atoms with Gasteiger partial charge in [0, 0.05) is 43.9 Å². The monoisotopic (exact) mass is 430 g/mol. The number of urea groups is 2. The number of rotatable bonds is 6. The van der Waals surface area contributed by atoms with E-state index in [1.807, 2.05) is 36.1 Å². The molecule has 0 aromatic heterocycles. The summed E-state index contributed by atoms with van der Waals surface area (Å²) in [6.45, 7) is 9.75. The van der Waals surface area contributed by atoms with Crippen molar-refractivity contribution in [2.45, 2.75) is 59.0 Å². The van der Waals surface area contributed by atoms with Gasteiger partial charge in [-0.15, -0.1) is 0 Å². The molecule has 3 rings (SSSR count). The van der Waals surface area contributed by atoms with Crippen molar-refractivity contribution in [1.82, 2.24) is 15.5 Å². The lowest BCUT2D eigenvalue weighted by Crippen LogP contribution is -2.51. The molecule has 2 aliphatic rings. The second-order valence-corrected chi connectivity index (χ2v) is 9.66. The van der Waals surface area contributed by atoms with E-state index in [0.717, 1.165) is 50.1 Å². The Morgan fingerprint density at radius 2 is 1.87 bits per heavy atom. The smallest absolute Gasteiger partial charge is 0.319 e. The maximum atomic E-state index is 12.8. The maximum absolute atomic E-state index is 12.8. The number of piperidine rings is 1. The number of anilines is 1. The Morgan fingerprint density at radius 1 is 1.10 bits per heavy atom. The Kier molecular flexibility index (Phi) is 8.18. The molecule has 0 aliphatic carbocycles. The predicted molar refractivity (Wildman–Crippen MR) is 123 cm³/mol. The molecule has 0 bridgehead atoms. The summed E-state index contributed by atoms with van der Waals surface area (Å²) in [5.74, 6) is 0.262. The third-order valence-corrected chi connectivity index (χ3v) is 6.41. The van der Waals surface area contributed by atoms with Crippen LogP contribution in [0.25, 0.3) is 0 Å². The van der Waals surface area contributed by atoms with Gasteiger partial charge in [-0.1, -0.05) is 31.5 Å². The topological polar surface area (TPSA) is 82.7 Å². The van der Waals surface area contributed by atoms with Gasteiger partial charge in [0.15, 0.2) is 0 Å². The van der Waals surface area contributed by atoms with E-state index in [-0.39, 0.29) is 29.5 Å². The number of likely N-dealkylation sites (tertiary alicyclic amines) is 1. The van der Waals surface area contributed by atoms with Gasteiger partial charge in [0.1, 0.15) is 0 Å². The zero-order chi connectivity index (χ0) is 22.3. The molecular weight excluding hydrogens is 392 g/mol. The van der Waals surface area contributed by atoms with Crippen molar-refractivity contribution in [2.24, 2.45) is 11.3 Å². The molecule has 172 valence electrons. The summed E-state index contributed by atoms with van der Waals surface area (Å²) in [6.07, 6.45) is 5.55. The summed E-state index contributed by atoms with van der Waals surface area (Å²) in [7, 11) is 0. The minimum atomic E-state index is -0.209. The molecule has 7 nitrogen and oxygen atoms in total. The highest BCUT2D eigenvalue weighted by atomic mass is 16.5. The van der Waals surface area contributed by atoms with E-state index in [9.17, 15) is 9.59 Å². The highest BCUT2D eigenvalue weighted by Crippen LogP contribution is 2.29. The molecule has 0 spiro atoms. The van der Waals surface area contributed by atoms with Gasteiger partial charge in [-0.05, 0) is 57.1 Å². The Bertz CT molecular complexity index is 729. The number of aryl methyl sites for hydroxylation is 1. The van der Waals surface area contributed by atoms with Gasteiger partial charge in [0.05, 0.1) is 6.10 Å². The molecule has 7 heteroatoms. The minimum absolute atomic E-state index is 0.0160. The number of carbonyl (C=O) groups excluding carboxylic acids is 2. The molecular formula is C24H38N4O3. The zero-order valence-electron chi connectivity index (χ0n) is 19.2. The number of carbonyl (C=O) groups is 2. The van der Waals surface area contributed by atoms with Crippen LogP contribution >= 0.6 is 0 Å². The van der Waals surface area contributed by atoms with E-state index < -0.39 is 0 Å². The van der Waals surface area contributed by atoms with Crippen LogP contribution in [-0.2, 0) is 4.74 Å². The van der Waals surface area contributed by atoms with Crippen LogP contribution in [-0.4, -0.2) is 55.9 Å². The molecule has 2 saturated heterocycles. The van der Waals surface area contributed by atoms with Crippen LogP contribution in [0.5, 0.6) is 0 Å². The van der Waals surface area contributed by atoms with Crippen molar-refractivity contribution in [3.8, 4) is 0 Å². The Hall–Kier alpha value is -2.28. The van der Waals surface area contributed by atoms with E-state index in [2.05, 4.69) is 29.8 Å². The second kappa shape index (κ2) is 10.8. The third-order valence-electron chi connectivity index (χ3n) is 6.41. The van der Waals surface area contributed by atoms with Crippen molar-refractivity contribution in [3.05, 3.63) is 29.8 Å². The van der Waals surface area contributed by atoms with Crippen LogP contribution < -0.4 is 16.0 Å². The number of hydrogen-bond acceptors (Lipinski definition) is 3. The molecule has 31 heavy (non-hydrogen) atoms. The largest absolute Gasteiger partial charge is 0.378 e. The van der Waals surface area contributed by atoms with E-state index >= 15 is 0 Å². The third kappa shape index (κ3) is 7.13. The zero-order valence-corrected chi connectivity index (χ0v) is 19.2. The SMILES string of the molecule is Cc1ccc(NC(=O)NCC2CCCN(C(=O)NCC(C)(C)C3CCCCO3)C2)cc1. The van der Waals surface area contributed by atoms with Gasteiger partial charge in [-0.3, -0.25) is 0 Å². The predicted octanol–water partition coefficient (Wildman–Crippen LogP) is 4.13. The van der Waals surface area contributed by atoms with Crippen LogP contribution in [0, 0.1) is 18.3 Å². The van der Waals surface area contributed by atoms with Crippen molar-refractivity contribution >= 4 is 17.7 Å². The average Bonchev–Trinajstić information content (AvgIpc) is 2.78. The lowest BCUT2D eigenvalue weighted by atomic mass is 9.82. The number of benzene rings is 1. The Morgan fingerprint density at radius 3 is 2.58 bits per heavy atom. The van der Waals surface area contributed by atoms with E-state index in [1.165, 1.54) is 6.42 Å². The van der Waals surface area contributed by atoms with Gasteiger partial charge in [-0.2, -0.15) is 0 Å². The summed E-state index contributed by atoms with van der Waals surface area (Å²) in [4.78, 5) is 26.8. The molecule has 0 saturated carbocycles. The molecule has 2 heterocycles. The standard InChI is InChI=1S/C24H38N4O3/c1-18-9-11-20(12-10-18)27-22(29)25-15-19-7-6-13-28(16-19)23(30)26-17-24(2,3)21-8-4-5-14-31-21/h9-12,19,21H,4-8,13-17H2,1-3H3,(H,26,30)(H2,25,27,29). The van der Waals surface area contributed by atoms with Gasteiger partial charge >= 0.3 is 12.1 Å². The summed E-state index contributed by atoms with van der Waals surface area (Å²) in [6, 6.07) is 7.49. The molecule has 2 atom stereocenters. The second-order valence-electron chi connectivity index (χ2n) is 9.66. The highest BCUT2D eigenvalue weighted by Gasteiger charge is 2.33. The molecule has 1 aromatic carbocycles. The minimum Gasteiger partial charge on any atom is -0.378 e. The summed E-state index contributed by atoms with van der Waals surface area (Å²) < 4.78 is 5.93.